The summed E-state index contributed by atoms with van der Waals surface area (Å²) < 4.78 is 5.41. The number of carbonyl (C=O) groups excluding carboxylic acids is 1. The fourth-order valence-corrected chi connectivity index (χ4v) is 3.89. The molecule has 1 saturated carbocycles. The van der Waals surface area contributed by atoms with Gasteiger partial charge in [0, 0.05) is 17.1 Å². The molecule has 3 rings (SSSR count). The Hall–Kier alpha value is -2.08. The number of carbonyl (C=O) groups is 1. The second-order valence-corrected chi connectivity index (χ2v) is 9.91. The summed E-state index contributed by atoms with van der Waals surface area (Å²) in [7, 11) is 0. The summed E-state index contributed by atoms with van der Waals surface area (Å²) >= 11 is 6.12. The first kappa shape index (κ1) is 23.6. The zero-order valence-electron chi connectivity index (χ0n) is 18.5. The van der Waals surface area contributed by atoms with Gasteiger partial charge in [0.15, 0.2) is 0 Å². The van der Waals surface area contributed by atoms with Gasteiger partial charge < -0.3 is 20.5 Å². The minimum Gasteiger partial charge on any atom is -0.444 e. The number of rotatable bonds is 9. The third-order valence-electron chi connectivity index (χ3n) is 5.44. The van der Waals surface area contributed by atoms with Crippen molar-refractivity contribution in [2.24, 2.45) is 0 Å². The van der Waals surface area contributed by atoms with Crippen LogP contribution in [-0.2, 0) is 17.6 Å². The van der Waals surface area contributed by atoms with Crippen molar-refractivity contribution in [1.82, 2.24) is 10.6 Å². The second kappa shape index (κ2) is 10.0. The molecule has 0 heterocycles. The number of ether oxygens (including phenoxy) is 1. The Labute approximate surface area is 190 Å². The van der Waals surface area contributed by atoms with Crippen LogP contribution in [0, 0.1) is 0 Å². The topological polar surface area (TPSA) is 70.6 Å². The highest BCUT2D eigenvalue weighted by molar-refractivity contribution is 6.30. The van der Waals surface area contributed by atoms with Gasteiger partial charge in [-0.15, -0.1) is 0 Å². The summed E-state index contributed by atoms with van der Waals surface area (Å²) in [6.07, 6.45) is 2.20. The monoisotopic (exact) mass is 444 g/mol. The molecule has 0 saturated heterocycles. The number of amides is 1. The van der Waals surface area contributed by atoms with Crippen molar-refractivity contribution in [3.63, 3.8) is 0 Å². The van der Waals surface area contributed by atoms with E-state index in [0.717, 1.165) is 29.8 Å². The van der Waals surface area contributed by atoms with Gasteiger partial charge in [0.25, 0.3) is 0 Å². The number of alkyl carbamates (subject to hydrolysis) is 1. The quantitative estimate of drug-likeness (QED) is 0.532. The van der Waals surface area contributed by atoms with Gasteiger partial charge in [0.05, 0.1) is 12.1 Å². The Morgan fingerprint density at radius 1 is 1.13 bits per heavy atom. The lowest BCUT2D eigenvalue weighted by Gasteiger charge is -2.28. The molecule has 0 aliphatic heterocycles. The average Bonchev–Trinajstić information content (AvgIpc) is 3.44. The Bertz CT molecular complexity index is 863. The second-order valence-electron chi connectivity index (χ2n) is 9.48. The molecule has 0 unspecified atom stereocenters. The minimum absolute atomic E-state index is 0.0190. The van der Waals surface area contributed by atoms with Gasteiger partial charge in [-0.3, -0.25) is 0 Å². The van der Waals surface area contributed by atoms with Gasteiger partial charge in [-0.05, 0) is 69.7 Å². The van der Waals surface area contributed by atoms with E-state index in [2.05, 4.69) is 16.7 Å². The minimum atomic E-state index is -0.760. The standard InChI is InChI=1S/C25H33ClN2O3/c1-24(2,3)31-23(30)28-21(15-18-8-5-4-6-9-18)22(29)17-27-25(12-13-25)16-19-10-7-11-20(26)14-19/h4-11,14,21-22,27,29H,12-13,15-17H2,1-3H3,(H,28,30)/t21-,22+/m0/s1. The molecule has 2 aromatic carbocycles. The molecule has 5 nitrogen and oxygen atoms in total. The zero-order valence-corrected chi connectivity index (χ0v) is 19.3. The number of halogens is 1. The van der Waals surface area contributed by atoms with Crippen LogP contribution in [0.3, 0.4) is 0 Å². The van der Waals surface area contributed by atoms with Crippen LogP contribution in [0.15, 0.2) is 54.6 Å². The highest BCUT2D eigenvalue weighted by Gasteiger charge is 2.42. The van der Waals surface area contributed by atoms with Gasteiger partial charge in [0.2, 0.25) is 0 Å². The summed E-state index contributed by atoms with van der Waals surface area (Å²) in [5.41, 5.74) is 1.61. The van der Waals surface area contributed by atoms with Crippen LogP contribution in [-0.4, -0.2) is 41.0 Å². The number of aliphatic hydroxyl groups is 1. The van der Waals surface area contributed by atoms with Gasteiger partial charge >= 0.3 is 6.09 Å². The predicted octanol–water partition coefficient (Wildman–Crippen LogP) is 4.50. The van der Waals surface area contributed by atoms with E-state index in [4.69, 9.17) is 16.3 Å². The number of benzene rings is 2. The van der Waals surface area contributed by atoms with Crippen LogP contribution >= 0.6 is 11.6 Å². The highest BCUT2D eigenvalue weighted by atomic mass is 35.5. The van der Waals surface area contributed by atoms with Crippen LogP contribution in [0.2, 0.25) is 5.02 Å². The molecule has 0 radical (unpaired) electrons. The molecule has 1 aliphatic rings. The number of hydrogen-bond acceptors (Lipinski definition) is 4. The maximum Gasteiger partial charge on any atom is 0.407 e. The molecular weight excluding hydrogens is 412 g/mol. The van der Waals surface area contributed by atoms with Gasteiger partial charge in [-0.1, -0.05) is 54.1 Å². The molecular formula is C25H33ClN2O3. The summed E-state index contributed by atoms with van der Waals surface area (Å²) in [4.78, 5) is 12.4. The molecule has 0 bridgehead atoms. The first-order valence-electron chi connectivity index (χ1n) is 10.9. The van der Waals surface area contributed by atoms with E-state index in [1.165, 1.54) is 5.56 Å². The van der Waals surface area contributed by atoms with Gasteiger partial charge in [-0.2, -0.15) is 0 Å². The lowest BCUT2D eigenvalue weighted by atomic mass is 10.00. The molecule has 6 heteroatoms. The van der Waals surface area contributed by atoms with E-state index in [0.29, 0.717) is 13.0 Å². The fraction of sp³-hybridized carbons (Fsp3) is 0.480. The summed E-state index contributed by atoms with van der Waals surface area (Å²) in [6.45, 7) is 5.85. The van der Waals surface area contributed by atoms with Crippen molar-refractivity contribution < 1.29 is 14.6 Å². The van der Waals surface area contributed by atoms with Crippen molar-refractivity contribution in [3.05, 3.63) is 70.7 Å². The molecule has 2 aromatic rings. The largest absolute Gasteiger partial charge is 0.444 e. The summed E-state index contributed by atoms with van der Waals surface area (Å²) in [5, 5.41) is 18.1. The summed E-state index contributed by atoms with van der Waals surface area (Å²) in [6, 6.07) is 17.3. The van der Waals surface area contributed by atoms with E-state index in [9.17, 15) is 9.90 Å². The van der Waals surface area contributed by atoms with Crippen LogP contribution < -0.4 is 10.6 Å². The molecule has 0 spiro atoms. The average molecular weight is 445 g/mol. The molecule has 1 fully saturated rings. The molecule has 168 valence electrons. The Balaban J connectivity index is 1.61. The van der Waals surface area contributed by atoms with E-state index in [-0.39, 0.29) is 5.54 Å². The molecule has 2 atom stereocenters. The number of nitrogens with one attached hydrogen (secondary N) is 2. The third kappa shape index (κ3) is 7.84. The highest BCUT2D eigenvalue weighted by Crippen LogP contribution is 2.39. The number of β-amino-alcohol motifs (C(OH)–C–C–N with tert-alkyl or cyclic N) is 1. The van der Waals surface area contributed by atoms with E-state index in [1.807, 2.05) is 69.3 Å². The first-order chi connectivity index (χ1) is 14.6. The van der Waals surface area contributed by atoms with Crippen molar-refractivity contribution in [3.8, 4) is 0 Å². The van der Waals surface area contributed by atoms with Gasteiger partial charge in [-0.25, -0.2) is 4.79 Å². The Morgan fingerprint density at radius 3 is 2.42 bits per heavy atom. The Kier molecular flexibility index (Phi) is 7.63. The first-order valence-corrected chi connectivity index (χ1v) is 11.2. The zero-order chi connectivity index (χ0) is 22.5. The maximum atomic E-state index is 12.4. The lowest BCUT2D eigenvalue weighted by molar-refractivity contribution is 0.0419. The predicted molar refractivity (Wildman–Crippen MR) is 124 cm³/mol. The maximum absolute atomic E-state index is 12.4. The van der Waals surface area contributed by atoms with Gasteiger partial charge in [0.1, 0.15) is 5.60 Å². The van der Waals surface area contributed by atoms with E-state index >= 15 is 0 Å². The lowest BCUT2D eigenvalue weighted by Crippen LogP contribution is -2.51. The van der Waals surface area contributed by atoms with Crippen molar-refractivity contribution in [2.75, 3.05) is 6.54 Å². The number of hydrogen-bond donors (Lipinski definition) is 3. The molecule has 1 amide bonds. The normalized spacial score (nSPS) is 16.9. The third-order valence-corrected chi connectivity index (χ3v) is 5.67. The molecule has 0 aromatic heterocycles. The smallest absolute Gasteiger partial charge is 0.407 e. The van der Waals surface area contributed by atoms with Crippen LogP contribution in [0.5, 0.6) is 0 Å². The number of aliphatic hydroxyl groups excluding tert-OH is 1. The van der Waals surface area contributed by atoms with Crippen LogP contribution in [0.25, 0.3) is 0 Å². The van der Waals surface area contributed by atoms with Crippen molar-refractivity contribution >= 4 is 17.7 Å². The van der Waals surface area contributed by atoms with Crippen LogP contribution in [0.4, 0.5) is 4.79 Å². The molecule has 1 aliphatic carbocycles. The van der Waals surface area contributed by atoms with E-state index in [1.54, 1.807) is 0 Å². The van der Waals surface area contributed by atoms with Crippen molar-refractivity contribution in [2.45, 2.75) is 69.7 Å². The molecule has 31 heavy (non-hydrogen) atoms. The van der Waals surface area contributed by atoms with E-state index < -0.39 is 23.8 Å². The molecule has 3 N–H and O–H groups in total. The SMILES string of the molecule is CC(C)(C)OC(=O)N[C@@H](Cc1ccccc1)[C@H](O)CNC1(Cc2cccc(Cl)c2)CC1. The summed E-state index contributed by atoms with van der Waals surface area (Å²) in [5.74, 6) is 0. The van der Waals surface area contributed by atoms with Crippen LogP contribution in [0.1, 0.15) is 44.7 Å². The Morgan fingerprint density at radius 2 is 1.81 bits per heavy atom. The fourth-order valence-electron chi connectivity index (χ4n) is 3.68. The van der Waals surface area contributed by atoms with Crippen molar-refractivity contribution in [1.29, 1.82) is 0 Å².